The van der Waals surface area contributed by atoms with Gasteiger partial charge in [0.15, 0.2) is 0 Å². The fraction of sp³-hybridized carbons (Fsp3) is 0.333. The molecule has 0 heterocycles. The number of unbranched alkanes of at least 4 members (excludes halogenated alkanes) is 3. The van der Waals surface area contributed by atoms with Gasteiger partial charge in [0.1, 0.15) is 18.1 Å². The second-order valence-electron chi connectivity index (χ2n) is 13.9. The monoisotopic (exact) mass is 727 g/mol. The molecule has 0 saturated carbocycles. The first-order chi connectivity index (χ1) is 26.3. The number of fused-ring (bicyclic) bond motifs is 2. The van der Waals surface area contributed by atoms with Crippen LogP contribution in [0.1, 0.15) is 62.1 Å². The molecule has 4 amide bonds. The van der Waals surface area contributed by atoms with Gasteiger partial charge in [0.05, 0.1) is 0 Å². The number of benzene rings is 5. The Bertz CT molecular complexity index is 2000. The number of hydrogen-bond acceptors (Lipinski definition) is 5. The SMILES string of the molecule is CCCCCC(=O)NC(Cc1ccccc1)C(=O)NC(Cc1ccc2ccccc2c1)C(=O)NC(Cc1ccc2ccccc2c1)C(=O)NCCCCN. The van der Waals surface area contributed by atoms with Gasteiger partial charge in [-0.3, -0.25) is 19.2 Å². The van der Waals surface area contributed by atoms with Crippen molar-refractivity contribution in [2.75, 3.05) is 13.1 Å². The number of amides is 4. The smallest absolute Gasteiger partial charge is 0.243 e. The zero-order valence-electron chi connectivity index (χ0n) is 31.2. The molecule has 3 unspecified atom stereocenters. The van der Waals surface area contributed by atoms with Gasteiger partial charge in [-0.1, -0.05) is 135 Å². The number of nitrogens with two attached hydrogens (primary N) is 1. The van der Waals surface area contributed by atoms with Crippen molar-refractivity contribution in [3.63, 3.8) is 0 Å². The van der Waals surface area contributed by atoms with Crippen LogP contribution in [-0.2, 0) is 38.4 Å². The lowest BCUT2D eigenvalue weighted by Crippen LogP contribution is -2.58. The molecule has 0 saturated heterocycles. The van der Waals surface area contributed by atoms with Crippen LogP contribution in [-0.4, -0.2) is 54.8 Å². The molecule has 0 aliphatic rings. The first kappa shape index (κ1) is 39.7. The molecule has 282 valence electrons. The van der Waals surface area contributed by atoms with E-state index in [0.717, 1.165) is 63.9 Å². The second kappa shape index (κ2) is 20.6. The highest BCUT2D eigenvalue weighted by Gasteiger charge is 2.30. The Hall–Kier alpha value is -5.54. The van der Waals surface area contributed by atoms with E-state index in [1.807, 2.05) is 115 Å². The van der Waals surface area contributed by atoms with Crippen LogP contribution in [0.15, 0.2) is 115 Å². The van der Waals surface area contributed by atoms with Gasteiger partial charge in [0.25, 0.3) is 0 Å². The fourth-order valence-corrected chi connectivity index (χ4v) is 6.63. The summed E-state index contributed by atoms with van der Waals surface area (Å²) in [6, 6.07) is 34.5. The standard InChI is InChI=1S/C45H53N5O4/c1-2-3-5-20-42(51)48-40(29-32-14-6-4-7-15-32)44(53)50-41(31-34-22-24-36-17-9-11-19-38(36)28-34)45(54)49-39(43(52)47-26-13-12-25-46)30-33-21-23-35-16-8-10-18-37(35)27-33/h4,6-11,14-19,21-24,27-28,39-41H,2-3,5,12-13,20,25-26,29-31,46H2,1H3,(H,47,52)(H,48,51)(H,49,54)(H,50,53). The number of rotatable bonds is 20. The molecule has 5 aromatic carbocycles. The maximum Gasteiger partial charge on any atom is 0.243 e. The molecule has 54 heavy (non-hydrogen) atoms. The topological polar surface area (TPSA) is 142 Å². The van der Waals surface area contributed by atoms with Gasteiger partial charge in [0.2, 0.25) is 23.6 Å². The summed E-state index contributed by atoms with van der Waals surface area (Å²) in [7, 11) is 0. The van der Waals surface area contributed by atoms with Crippen LogP contribution in [0.3, 0.4) is 0 Å². The van der Waals surface area contributed by atoms with Crippen molar-refractivity contribution in [3.05, 3.63) is 132 Å². The first-order valence-electron chi connectivity index (χ1n) is 19.2. The van der Waals surface area contributed by atoms with Crippen molar-refractivity contribution in [3.8, 4) is 0 Å². The summed E-state index contributed by atoms with van der Waals surface area (Å²) in [5.41, 5.74) is 8.29. The predicted octanol–water partition coefficient (Wildman–Crippen LogP) is 5.91. The van der Waals surface area contributed by atoms with E-state index in [2.05, 4.69) is 28.2 Å². The highest BCUT2D eigenvalue weighted by molar-refractivity contribution is 5.95. The molecule has 9 nitrogen and oxygen atoms in total. The fourth-order valence-electron chi connectivity index (χ4n) is 6.63. The Kier molecular flexibility index (Phi) is 15.2. The third-order valence-electron chi connectivity index (χ3n) is 9.65. The maximum atomic E-state index is 14.4. The van der Waals surface area contributed by atoms with Crippen LogP contribution in [0, 0.1) is 0 Å². The Balaban J connectivity index is 1.42. The first-order valence-corrected chi connectivity index (χ1v) is 19.2. The molecule has 5 aromatic rings. The van der Waals surface area contributed by atoms with Crippen LogP contribution < -0.4 is 27.0 Å². The highest BCUT2D eigenvalue weighted by Crippen LogP contribution is 2.19. The Morgan fingerprint density at radius 3 is 1.57 bits per heavy atom. The Morgan fingerprint density at radius 2 is 1.02 bits per heavy atom. The molecule has 0 spiro atoms. The minimum Gasteiger partial charge on any atom is -0.354 e. The summed E-state index contributed by atoms with van der Waals surface area (Å²) in [6.45, 7) is 3.02. The molecule has 3 atom stereocenters. The van der Waals surface area contributed by atoms with Gasteiger partial charge >= 0.3 is 0 Å². The lowest BCUT2D eigenvalue weighted by Gasteiger charge is -2.26. The normalized spacial score (nSPS) is 12.8. The largest absolute Gasteiger partial charge is 0.354 e. The average molecular weight is 728 g/mol. The van der Waals surface area contributed by atoms with Crippen LogP contribution in [0.4, 0.5) is 0 Å². The van der Waals surface area contributed by atoms with Gasteiger partial charge < -0.3 is 27.0 Å². The third-order valence-corrected chi connectivity index (χ3v) is 9.65. The second-order valence-corrected chi connectivity index (χ2v) is 13.9. The molecule has 0 aliphatic heterocycles. The van der Waals surface area contributed by atoms with Crippen molar-refractivity contribution < 1.29 is 19.2 Å². The van der Waals surface area contributed by atoms with Gasteiger partial charge in [-0.15, -0.1) is 0 Å². The summed E-state index contributed by atoms with van der Waals surface area (Å²) in [5.74, 6) is -1.49. The molecule has 0 aromatic heterocycles. The predicted molar refractivity (Wildman–Crippen MR) is 217 cm³/mol. The van der Waals surface area contributed by atoms with E-state index in [1.165, 1.54) is 0 Å². The van der Waals surface area contributed by atoms with E-state index < -0.39 is 29.9 Å². The van der Waals surface area contributed by atoms with Crippen molar-refractivity contribution in [2.24, 2.45) is 5.73 Å². The van der Waals surface area contributed by atoms with Crippen molar-refractivity contribution >= 4 is 45.2 Å². The average Bonchev–Trinajstić information content (AvgIpc) is 3.19. The third kappa shape index (κ3) is 12.0. The summed E-state index contributed by atoms with van der Waals surface area (Å²) >= 11 is 0. The lowest BCUT2D eigenvalue weighted by molar-refractivity contribution is -0.133. The van der Waals surface area contributed by atoms with Crippen LogP contribution in [0.5, 0.6) is 0 Å². The minimum atomic E-state index is -1.04. The van der Waals surface area contributed by atoms with Gasteiger partial charge in [-0.05, 0) is 64.0 Å². The van der Waals surface area contributed by atoms with Gasteiger partial charge in [0, 0.05) is 32.2 Å². The summed E-state index contributed by atoms with van der Waals surface area (Å²) in [4.78, 5) is 55.3. The molecular weight excluding hydrogens is 675 g/mol. The van der Waals surface area contributed by atoms with Gasteiger partial charge in [-0.2, -0.15) is 0 Å². The molecule has 0 aliphatic carbocycles. The van der Waals surface area contributed by atoms with E-state index >= 15 is 0 Å². The highest BCUT2D eigenvalue weighted by atomic mass is 16.2. The minimum absolute atomic E-state index is 0.172. The van der Waals surface area contributed by atoms with Crippen LogP contribution >= 0.6 is 0 Å². The molecule has 6 N–H and O–H groups in total. The van der Waals surface area contributed by atoms with Crippen LogP contribution in [0.25, 0.3) is 21.5 Å². The van der Waals surface area contributed by atoms with E-state index in [-0.39, 0.29) is 31.1 Å². The molecule has 0 radical (unpaired) electrons. The number of carbonyl (C=O) groups is 4. The number of carbonyl (C=O) groups excluding carboxylic acids is 4. The Labute approximate surface area is 318 Å². The lowest BCUT2D eigenvalue weighted by atomic mass is 9.98. The molecule has 9 heteroatoms. The van der Waals surface area contributed by atoms with E-state index in [1.54, 1.807) is 0 Å². The summed E-state index contributed by atoms with van der Waals surface area (Å²) in [5, 5.41) is 16.1. The number of hydrogen-bond donors (Lipinski definition) is 5. The van der Waals surface area contributed by atoms with Crippen molar-refractivity contribution in [2.45, 2.75) is 82.8 Å². The maximum absolute atomic E-state index is 14.4. The van der Waals surface area contributed by atoms with Crippen LogP contribution in [0.2, 0.25) is 0 Å². The zero-order chi connectivity index (χ0) is 38.1. The summed E-state index contributed by atoms with van der Waals surface area (Å²) < 4.78 is 0. The molecule has 0 bridgehead atoms. The van der Waals surface area contributed by atoms with Crippen molar-refractivity contribution in [1.82, 2.24) is 21.3 Å². The van der Waals surface area contributed by atoms with Crippen molar-refractivity contribution in [1.29, 1.82) is 0 Å². The summed E-state index contributed by atoms with van der Waals surface area (Å²) in [6.07, 6.45) is 5.08. The Morgan fingerprint density at radius 1 is 0.519 bits per heavy atom. The number of nitrogens with one attached hydrogen (secondary N) is 4. The molecule has 5 rings (SSSR count). The van der Waals surface area contributed by atoms with E-state index in [4.69, 9.17) is 5.73 Å². The van der Waals surface area contributed by atoms with E-state index in [0.29, 0.717) is 25.9 Å². The quantitative estimate of drug-likeness (QED) is 0.0634. The zero-order valence-corrected chi connectivity index (χ0v) is 31.2. The van der Waals surface area contributed by atoms with Gasteiger partial charge in [-0.25, -0.2) is 0 Å². The molecular formula is C45H53N5O4. The van der Waals surface area contributed by atoms with E-state index in [9.17, 15) is 19.2 Å². The molecule has 0 fully saturated rings.